The summed E-state index contributed by atoms with van der Waals surface area (Å²) in [5, 5.41) is 0.713. The molecule has 0 radical (unpaired) electrons. The number of benzene rings is 2. The largest absolute Gasteiger partial charge is 0.484 e. The van der Waals surface area contributed by atoms with Crippen LogP contribution in [0.2, 0.25) is 10.0 Å². The molecule has 0 amide bonds. The van der Waals surface area contributed by atoms with Gasteiger partial charge < -0.3 is 4.74 Å². The van der Waals surface area contributed by atoms with Crippen LogP contribution in [-0.2, 0) is 0 Å². The summed E-state index contributed by atoms with van der Waals surface area (Å²) in [5.74, 6) is -0.788. The Labute approximate surface area is 133 Å². The van der Waals surface area contributed by atoms with Crippen molar-refractivity contribution in [2.24, 2.45) is 0 Å². The van der Waals surface area contributed by atoms with Crippen molar-refractivity contribution >= 4 is 44.9 Å². The zero-order valence-electron chi connectivity index (χ0n) is 10.00. The van der Waals surface area contributed by atoms with Gasteiger partial charge >= 0.3 is 0 Å². The molecule has 0 aliphatic carbocycles. The van der Waals surface area contributed by atoms with Crippen LogP contribution in [0.5, 0.6) is 5.75 Å². The topological polar surface area (TPSA) is 26.3 Å². The van der Waals surface area contributed by atoms with Gasteiger partial charge in [0.15, 0.2) is 6.61 Å². The number of ketones is 1. The first-order valence-corrected chi connectivity index (χ1v) is 7.09. The fourth-order valence-corrected chi connectivity index (χ4v) is 2.37. The van der Waals surface area contributed by atoms with Gasteiger partial charge in [0.1, 0.15) is 11.6 Å². The Hall–Kier alpha value is -1.10. The van der Waals surface area contributed by atoms with Crippen molar-refractivity contribution in [1.29, 1.82) is 0 Å². The number of carbonyl (C=O) groups is 1. The first-order chi connectivity index (χ1) is 9.49. The second-order valence-electron chi connectivity index (χ2n) is 3.89. The quantitative estimate of drug-likeness (QED) is 0.543. The Bertz CT molecular complexity index is 662. The van der Waals surface area contributed by atoms with Gasteiger partial charge in [-0.1, -0.05) is 35.3 Å². The lowest BCUT2D eigenvalue weighted by molar-refractivity contribution is 0.0917. The molecule has 0 spiro atoms. The zero-order valence-corrected chi connectivity index (χ0v) is 13.1. The minimum atomic E-state index is -0.582. The van der Waals surface area contributed by atoms with Gasteiger partial charge in [0.2, 0.25) is 5.78 Å². The van der Waals surface area contributed by atoms with E-state index in [1.54, 1.807) is 12.1 Å². The lowest BCUT2D eigenvalue weighted by Crippen LogP contribution is -2.13. The first kappa shape index (κ1) is 15.3. The summed E-state index contributed by atoms with van der Waals surface area (Å²) in [6.07, 6.45) is 0. The Morgan fingerprint density at radius 2 is 1.90 bits per heavy atom. The van der Waals surface area contributed by atoms with E-state index in [1.807, 2.05) is 0 Å². The lowest BCUT2D eigenvalue weighted by atomic mass is 10.1. The molecular weight excluding hydrogens is 370 g/mol. The molecule has 0 fully saturated rings. The van der Waals surface area contributed by atoms with E-state index in [1.165, 1.54) is 24.3 Å². The van der Waals surface area contributed by atoms with Gasteiger partial charge in [-0.3, -0.25) is 4.79 Å². The highest BCUT2D eigenvalue weighted by Crippen LogP contribution is 2.34. The van der Waals surface area contributed by atoms with Gasteiger partial charge in [-0.25, -0.2) is 4.39 Å². The molecule has 2 nitrogen and oxygen atoms in total. The minimum Gasteiger partial charge on any atom is -0.484 e. The van der Waals surface area contributed by atoms with Gasteiger partial charge in [-0.05, 0) is 34.1 Å². The van der Waals surface area contributed by atoms with Crippen LogP contribution in [0.15, 0.2) is 40.9 Å². The van der Waals surface area contributed by atoms with Gasteiger partial charge in [0.25, 0.3) is 0 Å². The van der Waals surface area contributed by atoms with Crippen LogP contribution in [-0.4, -0.2) is 12.4 Å². The molecule has 104 valence electrons. The number of rotatable bonds is 4. The molecule has 2 aromatic carbocycles. The molecule has 0 aromatic heterocycles. The summed E-state index contributed by atoms with van der Waals surface area (Å²) in [5.41, 5.74) is -0.0215. The fraction of sp³-hybridized carbons (Fsp3) is 0.0714. The highest BCUT2D eigenvalue weighted by molar-refractivity contribution is 9.10. The second kappa shape index (κ2) is 6.57. The van der Waals surface area contributed by atoms with E-state index in [0.717, 1.165) is 0 Å². The molecule has 0 aliphatic heterocycles. The van der Waals surface area contributed by atoms with Crippen molar-refractivity contribution in [3.05, 3.63) is 62.3 Å². The van der Waals surface area contributed by atoms with E-state index < -0.39 is 11.6 Å². The Kier molecular flexibility index (Phi) is 5.02. The molecule has 0 aliphatic rings. The predicted octanol–water partition coefficient (Wildman–Crippen LogP) is 5.16. The fourth-order valence-electron chi connectivity index (χ4n) is 1.52. The third kappa shape index (κ3) is 3.51. The van der Waals surface area contributed by atoms with E-state index in [4.69, 9.17) is 27.9 Å². The number of carbonyl (C=O) groups excluding carboxylic acids is 1. The van der Waals surface area contributed by atoms with Gasteiger partial charge in [0, 0.05) is 10.5 Å². The van der Waals surface area contributed by atoms with E-state index in [-0.39, 0.29) is 17.9 Å². The molecule has 2 aromatic rings. The van der Waals surface area contributed by atoms with Crippen LogP contribution < -0.4 is 4.74 Å². The summed E-state index contributed by atoms with van der Waals surface area (Å²) in [6.45, 7) is -0.321. The summed E-state index contributed by atoms with van der Waals surface area (Å²) in [4.78, 5) is 11.9. The minimum absolute atomic E-state index is 0.0215. The van der Waals surface area contributed by atoms with Crippen molar-refractivity contribution in [2.75, 3.05) is 6.61 Å². The number of hydrogen-bond donors (Lipinski definition) is 0. The monoisotopic (exact) mass is 376 g/mol. The molecule has 0 heterocycles. The average Bonchev–Trinajstić information content (AvgIpc) is 2.41. The van der Waals surface area contributed by atoms with Crippen LogP contribution in [0.3, 0.4) is 0 Å². The zero-order chi connectivity index (χ0) is 14.7. The first-order valence-electron chi connectivity index (χ1n) is 5.54. The van der Waals surface area contributed by atoms with Crippen molar-refractivity contribution in [2.45, 2.75) is 0 Å². The van der Waals surface area contributed by atoms with Crippen LogP contribution >= 0.6 is 39.1 Å². The van der Waals surface area contributed by atoms with E-state index in [2.05, 4.69) is 15.9 Å². The Morgan fingerprint density at radius 3 is 2.60 bits per heavy atom. The third-order valence-electron chi connectivity index (χ3n) is 2.51. The van der Waals surface area contributed by atoms with Gasteiger partial charge in [-0.2, -0.15) is 0 Å². The maximum absolute atomic E-state index is 13.4. The van der Waals surface area contributed by atoms with Crippen LogP contribution in [0.4, 0.5) is 4.39 Å². The molecule has 0 saturated heterocycles. The smallest absolute Gasteiger partial charge is 0.203 e. The molecule has 20 heavy (non-hydrogen) atoms. The van der Waals surface area contributed by atoms with Gasteiger partial charge in [0.05, 0.1) is 15.6 Å². The number of Topliss-reactive ketones (excluding diaryl/α,β-unsaturated/α-hetero) is 1. The van der Waals surface area contributed by atoms with E-state index in [9.17, 15) is 9.18 Å². The number of ether oxygens (including phenoxy) is 1. The van der Waals surface area contributed by atoms with Crippen molar-refractivity contribution in [1.82, 2.24) is 0 Å². The maximum atomic E-state index is 13.4. The predicted molar refractivity (Wildman–Crippen MR) is 80.4 cm³/mol. The Balaban J connectivity index is 2.12. The average molecular weight is 378 g/mol. The second-order valence-corrected chi connectivity index (χ2v) is 5.56. The highest BCUT2D eigenvalue weighted by atomic mass is 79.9. The van der Waals surface area contributed by atoms with Crippen molar-refractivity contribution < 1.29 is 13.9 Å². The van der Waals surface area contributed by atoms with E-state index >= 15 is 0 Å². The summed E-state index contributed by atoms with van der Waals surface area (Å²) < 4.78 is 19.3. The molecule has 6 heteroatoms. The molecule has 0 N–H and O–H groups in total. The van der Waals surface area contributed by atoms with Crippen LogP contribution in [0.1, 0.15) is 10.4 Å². The number of halogens is 4. The summed E-state index contributed by atoms with van der Waals surface area (Å²) >= 11 is 15.1. The standard InChI is InChI=1S/C14H8BrCl2FO2/c15-9-5-11(17)14(6-10(9)16)20-7-13(19)8-3-1-2-4-12(8)18/h1-6H,7H2. The summed E-state index contributed by atoms with van der Waals surface area (Å²) in [6, 6.07) is 8.77. The molecule has 0 saturated carbocycles. The van der Waals surface area contributed by atoms with E-state index in [0.29, 0.717) is 14.5 Å². The summed E-state index contributed by atoms with van der Waals surface area (Å²) in [7, 11) is 0. The lowest BCUT2D eigenvalue weighted by Gasteiger charge is -2.09. The van der Waals surface area contributed by atoms with Crippen LogP contribution in [0, 0.1) is 5.82 Å². The molecule has 2 rings (SSSR count). The molecular formula is C14H8BrCl2FO2. The number of hydrogen-bond acceptors (Lipinski definition) is 2. The SMILES string of the molecule is O=C(COc1cc(Cl)c(Br)cc1Cl)c1ccccc1F. The van der Waals surface area contributed by atoms with Crippen LogP contribution in [0.25, 0.3) is 0 Å². The van der Waals surface area contributed by atoms with Gasteiger partial charge in [-0.15, -0.1) is 0 Å². The third-order valence-corrected chi connectivity index (χ3v) is 4.00. The highest BCUT2D eigenvalue weighted by Gasteiger charge is 2.13. The molecule has 0 atom stereocenters. The van der Waals surface area contributed by atoms with Crippen molar-refractivity contribution in [3.63, 3.8) is 0 Å². The Morgan fingerprint density at radius 1 is 1.20 bits per heavy atom. The molecule has 0 bridgehead atoms. The normalized spacial score (nSPS) is 10.4. The maximum Gasteiger partial charge on any atom is 0.203 e. The molecule has 0 unspecified atom stereocenters. The van der Waals surface area contributed by atoms with Crippen molar-refractivity contribution in [3.8, 4) is 5.75 Å².